The van der Waals surface area contributed by atoms with Crippen LogP contribution in [-0.2, 0) is 14.4 Å². The first kappa shape index (κ1) is 27.6. The minimum absolute atomic E-state index is 0.219. The van der Waals surface area contributed by atoms with Gasteiger partial charge in [0.25, 0.3) is 0 Å². The van der Waals surface area contributed by atoms with E-state index >= 15 is 0 Å². The number of rotatable bonds is 19. The first-order chi connectivity index (χ1) is 14.0. The summed E-state index contributed by atoms with van der Waals surface area (Å²) in [5.41, 5.74) is 5.52. The number of carbonyl (C=O) groups excluding carboxylic acids is 2. The average molecular weight is 413 g/mol. The topological polar surface area (TPSA) is 101 Å². The van der Waals surface area contributed by atoms with Crippen molar-refractivity contribution in [3.63, 3.8) is 0 Å². The number of nitrogens with zero attached hydrogens (tertiary/aromatic N) is 1. The van der Waals surface area contributed by atoms with E-state index in [1.807, 2.05) is 0 Å². The van der Waals surface area contributed by atoms with Crippen molar-refractivity contribution in [2.45, 2.75) is 123 Å². The van der Waals surface area contributed by atoms with Crippen LogP contribution in [0.3, 0.4) is 0 Å². The fourth-order valence-corrected chi connectivity index (χ4v) is 3.51. The normalized spacial score (nSPS) is 12.0. The molecule has 0 radical (unpaired) electrons. The monoisotopic (exact) mass is 412 g/mol. The van der Waals surface area contributed by atoms with Crippen LogP contribution in [0.1, 0.15) is 117 Å². The summed E-state index contributed by atoms with van der Waals surface area (Å²) in [6.45, 7) is 4.66. The number of hydrogen-bond donors (Lipinski definition) is 2. The highest BCUT2D eigenvalue weighted by Crippen LogP contribution is 2.16. The SMILES string of the molecule is CCCCCCCCC(=O)N(C(=O)CCCCCCCC)[C@@H](CCCN)C(=O)O. The van der Waals surface area contributed by atoms with Crippen LogP contribution < -0.4 is 5.73 Å². The summed E-state index contributed by atoms with van der Waals surface area (Å²) in [7, 11) is 0. The first-order valence-electron chi connectivity index (χ1n) is 11.8. The van der Waals surface area contributed by atoms with Gasteiger partial charge in [-0.3, -0.25) is 14.5 Å². The Morgan fingerprint density at radius 1 is 0.724 bits per heavy atom. The minimum atomic E-state index is -1.12. The molecule has 0 saturated heterocycles. The van der Waals surface area contributed by atoms with Gasteiger partial charge < -0.3 is 10.8 Å². The van der Waals surface area contributed by atoms with E-state index in [9.17, 15) is 19.5 Å². The number of carboxylic acids is 1. The highest BCUT2D eigenvalue weighted by molar-refractivity contribution is 5.99. The zero-order valence-electron chi connectivity index (χ0n) is 18.8. The first-order valence-corrected chi connectivity index (χ1v) is 11.8. The van der Waals surface area contributed by atoms with Crippen LogP contribution >= 0.6 is 0 Å². The molecule has 29 heavy (non-hydrogen) atoms. The molecule has 0 spiro atoms. The molecule has 0 aromatic heterocycles. The number of unbranched alkanes of at least 4 members (excludes halogenated alkanes) is 10. The van der Waals surface area contributed by atoms with Gasteiger partial charge in [-0.25, -0.2) is 4.79 Å². The minimum Gasteiger partial charge on any atom is -0.480 e. The summed E-state index contributed by atoms with van der Waals surface area (Å²) in [5, 5.41) is 9.62. The van der Waals surface area contributed by atoms with Crippen molar-refractivity contribution >= 4 is 17.8 Å². The lowest BCUT2D eigenvalue weighted by Crippen LogP contribution is -2.48. The molecule has 0 aliphatic heterocycles. The standard InChI is InChI=1S/C23H44N2O4/c1-3-5-7-9-11-13-17-21(26)25(20(23(28)29)16-15-19-24)22(27)18-14-12-10-8-6-4-2/h20H,3-19,24H2,1-2H3,(H,28,29)/t20-/m0/s1. The molecule has 0 unspecified atom stereocenters. The zero-order chi connectivity index (χ0) is 21.9. The highest BCUT2D eigenvalue weighted by Gasteiger charge is 2.33. The number of amides is 2. The lowest BCUT2D eigenvalue weighted by atomic mass is 10.0. The van der Waals surface area contributed by atoms with Crippen molar-refractivity contribution in [2.24, 2.45) is 5.73 Å². The molecule has 1 atom stereocenters. The maximum absolute atomic E-state index is 12.8. The van der Waals surface area contributed by atoms with E-state index in [4.69, 9.17) is 5.73 Å². The second-order valence-electron chi connectivity index (χ2n) is 7.98. The molecule has 6 heteroatoms. The lowest BCUT2D eigenvalue weighted by Gasteiger charge is -2.27. The van der Waals surface area contributed by atoms with E-state index in [2.05, 4.69) is 13.8 Å². The van der Waals surface area contributed by atoms with Gasteiger partial charge in [-0.15, -0.1) is 0 Å². The van der Waals surface area contributed by atoms with E-state index in [1.165, 1.54) is 25.7 Å². The Bertz CT molecular complexity index is 426. The van der Waals surface area contributed by atoms with Gasteiger partial charge in [-0.05, 0) is 32.2 Å². The Hall–Kier alpha value is -1.43. The number of hydrogen-bond acceptors (Lipinski definition) is 4. The number of carbonyl (C=O) groups is 3. The van der Waals surface area contributed by atoms with Crippen molar-refractivity contribution in [2.75, 3.05) is 6.54 Å². The van der Waals surface area contributed by atoms with Crippen LogP contribution in [-0.4, -0.2) is 40.4 Å². The van der Waals surface area contributed by atoms with Crippen LogP contribution in [0.5, 0.6) is 0 Å². The van der Waals surface area contributed by atoms with Crippen LogP contribution in [0.2, 0.25) is 0 Å². The van der Waals surface area contributed by atoms with E-state index in [0.717, 1.165) is 43.4 Å². The molecule has 6 nitrogen and oxygen atoms in total. The predicted octanol–water partition coefficient (Wildman–Crippen LogP) is 5.03. The maximum Gasteiger partial charge on any atom is 0.326 e. The van der Waals surface area contributed by atoms with Gasteiger partial charge in [0.1, 0.15) is 6.04 Å². The van der Waals surface area contributed by atoms with Gasteiger partial charge in [0.05, 0.1) is 0 Å². The molecule has 0 rings (SSSR count). The van der Waals surface area contributed by atoms with Gasteiger partial charge in [0.2, 0.25) is 11.8 Å². The lowest BCUT2D eigenvalue weighted by molar-refractivity contribution is -0.158. The van der Waals surface area contributed by atoms with Crippen molar-refractivity contribution < 1.29 is 19.5 Å². The van der Waals surface area contributed by atoms with Gasteiger partial charge in [-0.1, -0.05) is 78.1 Å². The molecule has 170 valence electrons. The fraction of sp³-hybridized carbons (Fsp3) is 0.870. The van der Waals surface area contributed by atoms with Gasteiger partial charge >= 0.3 is 5.97 Å². The van der Waals surface area contributed by atoms with Gasteiger partial charge in [-0.2, -0.15) is 0 Å². The third-order valence-electron chi connectivity index (χ3n) is 5.30. The number of carboxylic acid groups (broad SMARTS) is 1. The van der Waals surface area contributed by atoms with Crippen molar-refractivity contribution in [3.05, 3.63) is 0 Å². The summed E-state index contributed by atoms with van der Waals surface area (Å²) < 4.78 is 0. The van der Waals surface area contributed by atoms with E-state index in [0.29, 0.717) is 25.8 Å². The second kappa shape index (κ2) is 18.6. The molecule has 0 fully saturated rings. The van der Waals surface area contributed by atoms with E-state index < -0.39 is 12.0 Å². The fourth-order valence-electron chi connectivity index (χ4n) is 3.51. The highest BCUT2D eigenvalue weighted by atomic mass is 16.4. The Kier molecular flexibility index (Phi) is 17.7. The molecule has 2 amide bonds. The molecule has 0 bridgehead atoms. The van der Waals surface area contributed by atoms with Crippen LogP contribution in [0, 0.1) is 0 Å². The molecule has 0 saturated carbocycles. The Morgan fingerprint density at radius 3 is 1.52 bits per heavy atom. The summed E-state index contributed by atoms with van der Waals surface area (Å²) >= 11 is 0. The number of imide groups is 1. The van der Waals surface area contributed by atoms with Crippen molar-refractivity contribution in [1.29, 1.82) is 0 Å². The molecular weight excluding hydrogens is 368 g/mol. The molecule has 0 aliphatic rings. The van der Waals surface area contributed by atoms with Crippen molar-refractivity contribution in [1.82, 2.24) is 4.90 Å². The molecule has 3 N–H and O–H groups in total. The van der Waals surface area contributed by atoms with Crippen molar-refractivity contribution in [3.8, 4) is 0 Å². The number of nitrogens with two attached hydrogens (primary N) is 1. The largest absolute Gasteiger partial charge is 0.480 e. The number of aliphatic carboxylic acids is 1. The quantitative estimate of drug-likeness (QED) is 0.290. The summed E-state index contributed by atoms with van der Waals surface area (Å²) in [6, 6.07) is -1.10. The molecule has 0 aromatic rings. The Labute approximate surface area is 177 Å². The molecule has 0 aromatic carbocycles. The van der Waals surface area contributed by atoms with Crippen LogP contribution in [0.15, 0.2) is 0 Å². The maximum atomic E-state index is 12.8. The summed E-state index contributed by atoms with van der Waals surface area (Å²) in [4.78, 5) is 38.3. The predicted molar refractivity (Wildman–Crippen MR) is 118 cm³/mol. The summed E-state index contributed by atoms with van der Waals surface area (Å²) in [6.07, 6.45) is 13.6. The third kappa shape index (κ3) is 13.4. The van der Waals surface area contributed by atoms with Crippen LogP contribution in [0.4, 0.5) is 0 Å². The smallest absolute Gasteiger partial charge is 0.326 e. The Balaban J connectivity index is 4.78. The average Bonchev–Trinajstić information content (AvgIpc) is 2.69. The van der Waals surface area contributed by atoms with E-state index in [-0.39, 0.29) is 31.1 Å². The van der Waals surface area contributed by atoms with Gasteiger partial charge in [0, 0.05) is 12.8 Å². The zero-order valence-corrected chi connectivity index (χ0v) is 18.8. The molecule has 0 aliphatic carbocycles. The summed E-state index contributed by atoms with van der Waals surface area (Å²) in [5.74, 6) is -1.81. The molecular formula is C23H44N2O4. The van der Waals surface area contributed by atoms with Crippen LogP contribution in [0.25, 0.3) is 0 Å². The second-order valence-corrected chi connectivity index (χ2v) is 7.98. The molecule has 0 heterocycles. The van der Waals surface area contributed by atoms with Gasteiger partial charge in [0.15, 0.2) is 0 Å². The third-order valence-corrected chi connectivity index (χ3v) is 5.30. The van der Waals surface area contributed by atoms with E-state index in [1.54, 1.807) is 0 Å². The Morgan fingerprint density at radius 2 is 1.14 bits per heavy atom.